The first-order chi connectivity index (χ1) is 26.9. The van der Waals surface area contributed by atoms with E-state index in [2.05, 4.69) is 36.2 Å². The lowest BCUT2D eigenvalue weighted by Gasteiger charge is -2.28. The van der Waals surface area contributed by atoms with Crippen LogP contribution in [0.3, 0.4) is 0 Å². The van der Waals surface area contributed by atoms with Crippen molar-refractivity contribution < 1.29 is 28.8 Å². The Kier molecular flexibility index (Phi) is 14.3. The maximum absolute atomic E-state index is 14.3. The molecule has 1 aliphatic heterocycles. The lowest BCUT2D eigenvalue weighted by atomic mass is 10.0. The number of H-pyrrole nitrogens is 2. The number of fused-ring (bicyclic) bond motifs is 1. The van der Waals surface area contributed by atoms with Gasteiger partial charge in [0.2, 0.25) is 35.4 Å². The predicted molar refractivity (Wildman–Crippen MR) is 208 cm³/mol. The second kappa shape index (κ2) is 19.5. The molecule has 298 valence electrons. The van der Waals surface area contributed by atoms with Gasteiger partial charge < -0.3 is 53.3 Å². The number of unbranched alkanes of at least 4 members (excludes halogenated alkanes) is 1. The van der Waals surface area contributed by atoms with Gasteiger partial charge in [-0.2, -0.15) is 0 Å². The van der Waals surface area contributed by atoms with Crippen molar-refractivity contribution in [3.05, 3.63) is 90.1 Å². The zero-order valence-electron chi connectivity index (χ0n) is 31.3. The van der Waals surface area contributed by atoms with Gasteiger partial charge in [-0.25, -0.2) is 4.98 Å². The summed E-state index contributed by atoms with van der Waals surface area (Å²) in [5, 5.41) is 12.0. The van der Waals surface area contributed by atoms with Crippen LogP contribution in [0.1, 0.15) is 49.4 Å². The zero-order valence-corrected chi connectivity index (χ0v) is 31.3. The molecule has 1 aliphatic rings. The third kappa shape index (κ3) is 11.0. The molecule has 4 aromatic rings. The van der Waals surface area contributed by atoms with Gasteiger partial charge in [0.25, 0.3) is 0 Å². The van der Waals surface area contributed by atoms with Crippen LogP contribution in [0.25, 0.3) is 10.9 Å². The summed E-state index contributed by atoms with van der Waals surface area (Å²) in [7, 11) is 0. The highest BCUT2D eigenvalue weighted by Gasteiger charge is 2.38. The molecule has 0 radical (unpaired) electrons. The number of rotatable bonds is 20. The van der Waals surface area contributed by atoms with Gasteiger partial charge in [-0.05, 0) is 49.9 Å². The quantitative estimate of drug-likeness (QED) is 0.0520. The number of hydrogen-bond donors (Lipinski definition) is 9. The molecule has 6 amide bonds. The molecule has 1 fully saturated rings. The van der Waals surface area contributed by atoms with Crippen LogP contribution in [0.5, 0.6) is 0 Å². The standard InChI is InChI=1S/C39H51N11O6/c1-23(50-21-27(18-34(50)51)46-37(54)29(41)17-26-20-43-22-45-26)36(53)48-33(16-25-19-44-30-12-6-5-11-28(25)30)39(56)49-32(15-24-9-3-2-4-10-24)38(55)47-31(35(42)52)13-7-8-14-40/h2-6,9-12,19-20,22-23,27,29,31-33,44H,7-8,13-18,21,40-41H2,1H3,(H2,42,52)(H,43,45)(H,46,54)(H,47,55)(H,48,53)(H,49,56)/t23-,27+,29-,31-,32+,33?/m0/s1. The highest BCUT2D eigenvalue weighted by atomic mass is 16.2. The number of hydrogen-bond acceptors (Lipinski definition) is 9. The van der Waals surface area contributed by atoms with E-state index in [4.69, 9.17) is 17.2 Å². The summed E-state index contributed by atoms with van der Waals surface area (Å²) in [5.74, 6) is -3.40. The Balaban J connectivity index is 1.32. The lowest BCUT2D eigenvalue weighted by Crippen LogP contribution is -2.59. The van der Waals surface area contributed by atoms with Crippen molar-refractivity contribution in [2.45, 2.75) is 88.1 Å². The summed E-state index contributed by atoms with van der Waals surface area (Å²) in [5.41, 5.74) is 20.3. The van der Waals surface area contributed by atoms with Crippen LogP contribution in [0.15, 0.2) is 73.3 Å². The number of nitrogens with two attached hydrogens (primary N) is 3. The number of amides is 6. The molecule has 1 unspecified atom stereocenters. The van der Waals surface area contributed by atoms with Gasteiger partial charge in [0.05, 0.1) is 18.4 Å². The number of benzene rings is 2. The Hall–Kier alpha value is -6.07. The molecule has 0 bridgehead atoms. The van der Waals surface area contributed by atoms with Crippen LogP contribution in [-0.2, 0) is 48.0 Å². The van der Waals surface area contributed by atoms with Gasteiger partial charge in [0.1, 0.15) is 24.2 Å². The first-order valence-corrected chi connectivity index (χ1v) is 18.8. The van der Waals surface area contributed by atoms with E-state index in [1.165, 1.54) is 11.2 Å². The molecule has 3 heterocycles. The number of imidazole rings is 1. The van der Waals surface area contributed by atoms with E-state index < -0.39 is 65.8 Å². The first kappa shape index (κ1) is 41.1. The number of carbonyl (C=O) groups is 6. The molecular weight excluding hydrogens is 718 g/mol. The number of primary amides is 1. The third-order valence-corrected chi connectivity index (χ3v) is 9.94. The van der Waals surface area contributed by atoms with Crippen LogP contribution in [-0.4, -0.2) is 105 Å². The molecule has 56 heavy (non-hydrogen) atoms. The molecule has 0 saturated carbocycles. The molecule has 2 aromatic heterocycles. The first-order valence-electron chi connectivity index (χ1n) is 18.8. The van der Waals surface area contributed by atoms with Gasteiger partial charge in [-0.3, -0.25) is 28.8 Å². The van der Waals surface area contributed by atoms with Crippen molar-refractivity contribution in [1.29, 1.82) is 0 Å². The van der Waals surface area contributed by atoms with Crippen molar-refractivity contribution in [2.75, 3.05) is 13.1 Å². The fourth-order valence-electron chi connectivity index (χ4n) is 6.78. The second-order valence-corrected chi connectivity index (χ2v) is 14.1. The minimum atomic E-state index is -1.19. The van der Waals surface area contributed by atoms with Crippen molar-refractivity contribution in [1.82, 2.24) is 41.1 Å². The number of para-hydroxylation sites is 1. The zero-order chi connectivity index (χ0) is 40.2. The average molecular weight is 770 g/mol. The Morgan fingerprint density at radius 3 is 2.23 bits per heavy atom. The SMILES string of the molecule is C[C@@H](C(=O)NC(Cc1c[nH]c2ccccc12)C(=O)N[C@H](Cc1ccccc1)C(=O)N[C@@H](CCCCN)C(N)=O)N1C[C@H](NC(=O)[C@@H](N)Cc2cnc[nH]2)CC1=O. The number of nitrogens with one attached hydrogen (secondary N) is 6. The van der Waals surface area contributed by atoms with E-state index in [9.17, 15) is 28.8 Å². The van der Waals surface area contributed by atoms with Crippen LogP contribution >= 0.6 is 0 Å². The van der Waals surface area contributed by atoms with E-state index in [1.54, 1.807) is 31.5 Å². The second-order valence-electron chi connectivity index (χ2n) is 14.1. The smallest absolute Gasteiger partial charge is 0.243 e. The Labute approximate surface area is 324 Å². The van der Waals surface area contributed by atoms with Crippen LogP contribution in [0.4, 0.5) is 0 Å². The number of nitrogens with zero attached hydrogens (tertiary/aromatic N) is 2. The van der Waals surface area contributed by atoms with Crippen molar-refractivity contribution in [3.8, 4) is 0 Å². The number of carbonyl (C=O) groups excluding carboxylic acids is 6. The molecule has 0 spiro atoms. The number of likely N-dealkylation sites (tertiary alicyclic amines) is 1. The van der Waals surface area contributed by atoms with E-state index in [1.807, 2.05) is 42.5 Å². The van der Waals surface area contributed by atoms with Gasteiger partial charge in [-0.15, -0.1) is 0 Å². The van der Waals surface area contributed by atoms with Crippen LogP contribution in [0, 0.1) is 0 Å². The molecule has 17 nitrogen and oxygen atoms in total. The summed E-state index contributed by atoms with van der Waals surface area (Å²) >= 11 is 0. The molecule has 1 saturated heterocycles. The minimum Gasteiger partial charge on any atom is -0.368 e. The summed E-state index contributed by atoms with van der Waals surface area (Å²) in [4.78, 5) is 91.6. The average Bonchev–Trinajstić information content (AvgIpc) is 3.94. The van der Waals surface area contributed by atoms with Crippen molar-refractivity contribution >= 4 is 46.3 Å². The molecule has 5 rings (SSSR count). The minimum absolute atomic E-state index is 0.0335. The Morgan fingerprint density at radius 2 is 1.54 bits per heavy atom. The topological polar surface area (TPSA) is 276 Å². The van der Waals surface area contributed by atoms with Gasteiger partial charge >= 0.3 is 0 Å². The normalized spacial score (nSPS) is 16.7. The summed E-state index contributed by atoms with van der Waals surface area (Å²) in [6, 6.07) is 10.7. The molecular formula is C39H51N11O6. The van der Waals surface area contributed by atoms with Gasteiger partial charge in [0.15, 0.2) is 0 Å². The number of aromatic amines is 2. The summed E-state index contributed by atoms with van der Waals surface area (Å²) in [6.45, 7) is 2.02. The predicted octanol–water partition coefficient (Wildman–Crippen LogP) is -0.579. The monoisotopic (exact) mass is 769 g/mol. The van der Waals surface area contributed by atoms with Gasteiger partial charge in [-0.1, -0.05) is 48.5 Å². The largest absolute Gasteiger partial charge is 0.368 e. The lowest BCUT2D eigenvalue weighted by molar-refractivity contribution is -0.138. The van der Waals surface area contributed by atoms with Crippen LogP contribution < -0.4 is 38.5 Å². The van der Waals surface area contributed by atoms with E-state index in [0.29, 0.717) is 25.1 Å². The molecule has 17 heteroatoms. The number of aromatic nitrogens is 3. The van der Waals surface area contributed by atoms with Crippen molar-refractivity contribution in [2.24, 2.45) is 17.2 Å². The van der Waals surface area contributed by atoms with E-state index in [-0.39, 0.29) is 44.6 Å². The maximum Gasteiger partial charge on any atom is 0.243 e. The van der Waals surface area contributed by atoms with E-state index in [0.717, 1.165) is 22.0 Å². The fraction of sp³-hybridized carbons (Fsp3) is 0.410. The third-order valence-electron chi connectivity index (χ3n) is 9.94. The molecule has 2 aromatic carbocycles. The molecule has 6 atom stereocenters. The maximum atomic E-state index is 14.3. The Bertz CT molecular complexity index is 1970. The summed E-state index contributed by atoms with van der Waals surface area (Å²) < 4.78 is 0. The highest BCUT2D eigenvalue weighted by molar-refractivity contribution is 5.96. The molecule has 12 N–H and O–H groups in total. The van der Waals surface area contributed by atoms with Crippen molar-refractivity contribution in [3.63, 3.8) is 0 Å². The van der Waals surface area contributed by atoms with Crippen LogP contribution in [0.2, 0.25) is 0 Å². The molecule has 0 aliphatic carbocycles. The van der Waals surface area contributed by atoms with Gasteiger partial charge in [0, 0.05) is 61.2 Å². The van der Waals surface area contributed by atoms with E-state index >= 15 is 0 Å². The highest BCUT2D eigenvalue weighted by Crippen LogP contribution is 2.20. The Morgan fingerprint density at radius 1 is 0.857 bits per heavy atom. The summed E-state index contributed by atoms with van der Waals surface area (Å²) in [6.07, 6.45) is 6.60. The fourth-order valence-corrected chi connectivity index (χ4v) is 6.78.